The summed E-state index contributed by atoms with van der Waals surface area (Å²) in [6.45, 7) is 0. The Hall–Kier alpha value is -6.60. The average Bonchev–Trinajstić information content (AvgIpc) is 3.84. The van der Waals surface area contributed by atoms with Crippen LogP contribution in [-0.2, 0) is 24.7 Å². The Morgan fingerprint density at radius 2 is 0.589 bits per heavy atom. The van der Waals surface area contributed by atoms with Crippen LogP contribution < -0.4 is 0 Å². The van der Waals surface area contributed by atoms with Crippen molar-refractivity contribution in [3.05, 3.63) is 95.1 Å². The van der Waals surface area contributed by atoms with Crippen LogP contribution in [0.3, 0.4) is 0 Å². The second kappa shape index (κ2) is 11.5. The van der Waals surface area contributed by atoms with Gasteiger partial charge in [-0.2, -0.15) is 52.7 Å². The number of alkyl halides is 12. The van der Waals surface area contributed by atoms with Gasteiger partial charge in [-0.1, -0.05) is 0 Å². The summed E-state index contributed by atoms with van der Waals surface area (Å²) >= 11 is 0. The molecule has 56 heavy (non-hydrogen) atoms. The van der Waals surface area contributed by atoms with Gasteiger partial charge in [0.1, 0.15) is 22.6 Å². The van der Waals surface area contributed by atoms with Gasteiger partial charge in [0, 0.05) is 43.8 Å². The minimum Gasteiger partial charge on any atom is -0.324 e. The number of H-pyrrole nitrogens is 2. The number of rotatable bonds is 0. The summed E-state index contributed by atoms with van der Waals surface area (Å²) in [6.07, 6.45) is -19.4. The molecule has 5 heterocycles. The van der Waals surface area contributed by atoms with Gasteiger partial charge in [0.15, 0.2) is 23.3 Å². The van der Waals surface area contributed by atoms with Crippen molar-refractivity contribution in [1.29, 1.82) is 0 Å². The van der Waals surface area contributed by atoms with E-state index >= 15 is 0 Å². The van der Waals surface area contributed by atoms with Crippen molar-refractivity contribution in [2.75, 3.05) is 0 Å². The Bertz CT molecular complexity index is 2990. The minimum absolute atomic E-state index is 0.0164. The molecule has 20 heteroatoms. The molecule has 9 rings (SSSR count). The maximum atomic E-state index is 13.9. The predicted molar refractivity (Wildman–Crippen MR) is 176 cm³/mol. The minimum atomic E-state index is -4.87. The number of nitrogens with zero attached hydrogens (tertiary/aromatic N) is 6. The number of fused-ring (bicyclic) bond motifs is 20. The van der Waals surface area contributed by atoms with E-state index in [0.717, 1.165) is 60.7 Å². The molecule has 7 aromatic rings. The summed E-state index contributed by atoms with van der Waals surface area (Å²) in [5, 5.41) is -0.411. The Morgan fingerprint density at radius 3 is 0.929 bits per heavy atom. The predicted octanol–water partition coefficient (Wildman–Crippen LogP) is 10.9. The smallest absolute Gasteiger partial charge is 0.324 e. The monoisotopic (exact) mass is 786 g/mol. The Labute approximate surface area is 302 Å². The van der Waals surface area contributed by atoms with E-state index in [2.05, 4.69) is 39.9 Å². The largest absolute Gasteiger partial charge is 0.416 e. The average molecular weight is 787 g/mol. The highest BCUT2D eigenvalue weighted by atomic mass is 19.4. The van der Waals surface area contributed by atoms with Crippen LogP contribution in [0, 0.1) is 0 Å². The molecule has 0 saturated heterocycles. The number of nitrogens with one attached hydrogen (secondary N) is 2. The van der Waals surface area contributed by atoms with Crippen molar-refractivity contribution in [2.45, 2.75) is 24.7 Å². The van der Waals surface area contributed by atoms with Crippen molar-refractivity contribution in [1.82, 2.24) is 39.9 Å². The Morgan fingerprint density at radius 1 is 0.304 bits per heavy atom. The van der Waals surface area contributed by atoms with Crippen molar-refractivity contribution in [3.63, 3.8) is 0 Å². The molecule has 0 amide bonds. The molecule has 2 N–H and O–H groups in total. The third-order valence-electron chi connectivity index (χ3n) is 9.14. The summed E-state index contributed by atoms with van der Waals surface area (Å²) in [5.41, 5.74) is -6.12. The second-order valence-electron chi connectivity index (χ2n) is 12.6. The fourth-order valence-electron chi connectivity index (χ4n) is 6.50. The fourth-order valence-corrected chi connectivity index (χ4v) is 6.50. The highest BCUT2D eigenvalue weighted by Gasteiger charge is 2.36. The van der Waals surface area contributed by atoms with Crippen LogP contribution in [0.1, 0.15) is 22.3 Å². The second-order valence-corrected chi connectivity index (χ2v) is 12.6. The fraction of sp³-hybridized carbons (Fsp3) is 0.111. The van der Waals surface area contributed by atoms with E-state index in [4.69, 9.17) is 0 Å². The van der Waals surface area contributed by atoms with E-state index in [1.807, 2.05) is 0 Å². The number of aromatic nitrogens is 8. The number of hydrogen-bond donors (Lipinski definition) is 2. The van der Waals surface area contributed by atoms with Gasteiger partial charge in [0.05, 0.1) is 22.3 Å². The zero-order chi connectivity index (χ0) is 39.7. The van der Waals surface area contributed by atoms with Crippen LogP contribution in [0.2, 0.25) is 0 Å². The van der Waals surface area contributed by atoms with Crippen LogP contribution in [0.25, 0.3) is 89.7 Å². The molecule has 0 fully saturated rings. The normalized spacial score (nSPS) is 13.4. The van der Waals surface area contributed by atoms with Crippen molar-refractivity contribution in [3.8, 4) is 45.6 Å². The van der Waals surface area contributed by atoms with E-state index < -0.39 is 52.8 Å². The summed E-state index contributed by atoms with van der Waals surface area (Å²) < 4.78 is 167. The maximum absolute atomic E-state index is 13.9. The zero-order valence-corrected chi connectivity index (χ0v) is 27.1. The highest BCUT2D eigenvalue weighted by molar-refractivity contribution is 6.06. The molecule has 0 saturated carbocycles. The lowest BCUT2D eigenvalue weighted by Gasteiger charge is -2.08. The topological polar surface area (TPSA) is 109 Å². The van der Waals surface area contributed by atoms with Crippen molar-refractivity contribution >= 4 is 44.1 Å². The first-order valence-corrected chi connectivity index (χ1v) is 15.9. The number of halogens is 12. The first kappa shape index (κ1) is 35.1. The molecular weight excluding hydrogens is 772 g/mol. The molecule has 2 aliphatic heterocycles. The highest BCUT2D eigenvalue weighted by Crippen LogP contribution is 2.43. The number of aromatic amines is 2. The van der Waals surface area contributed by atoms with E-state index in [1.54, 1.807) is 0 Å². The van der Waals surface area contributed by atoms with Gasteiger partial charge in [0.25, 0.3) is 0 Å². The summed E-state index contributed by atoms with van der Waals surface area (Å²) in [5.74, 6) is -1.44. The van der Waals surface area contributed by atoms with Crippen LogP contribution in [0.15, 0.2) is 72.8 Å². The first-order chi connectivity index (χ1) is 26.2. The third-order valence-corrected chi connectivity index (χ3v) is 9.14. The summed E-state index contributed by atoms with van der Waals surface area (Å²) in [7, 11) is 0. The van der Waals surface area contributed by atoms with Crippen LogP contribution >= 0.6 is 0 Å². The van der Waals surface area contributed by atoms with Crippen LogP contribution in [0.4, 0.5) is 52.7 Å². The lowest BCUT2D eigenvalue weighted by atomic mass is 10.0. The van der Waals surface area contributed by atoms with Gasteiger partial charge >= 0.3 is 24.7 Å². The van der Waals surface area contributed by atoms with E-state index in [1.165, 1.54) is 0 Å². The van der Waals surface area contributed by atoms with Gasteiger partial charge in [-0.05, 0) is 72.8 Å². The van der Waals surface area contributed by atoms with E-state index in [9.17, 15) is 52.7 Å². The maximum Gasteiger partial charge on any atom is 0.416 e. The van der Waals surface area contributed by atoms with Gasteiger partial charge in [-0.3, -0.25) is 0 Å². The van der Waals surface area contributed by atoms with Gasteiger partial charge in [-0.15, -0.1) is 0 Å². The molecule has 0 atom stereocenters. The SMILES string of the molecule is FC(F)(F)c1ccc2c(c1)-c1nc-2nc2[nH]c(nc3nc(nc4[nH]c(n1)c1ccc(C(F)(F)F)cc41)-c1cc(C(F)(F)F)ccc1-3)c1cc(C(F)(F)F)ccc21. The standard InChI is InChI=1S/C36H14F12N8/c37-33(38,39)13-1-5-17-21(9-13)29-50-25(17)49-26-18-6-2-14(34(40,41)42)10-22(18)30(51-26)53-28-20-8-4-16(36(46,47)48)12-24(20)32(55-28)56-31-23-11-15(35(43,44)45)3-7-19(23)27(52-29)54-31/h1-12H,(H2,49,50,51,52,53,54,55,56). The number of benzene rings is 4. The van der Waals surface area contributed by atoms with Gasteiger partial charge < -0.3 is 9.97 Å². The lowest BCUT2D eigenvalue weighted by molar-refractivity contribution is -0.138. The van der Waals surface area contributed by atoms with Crippen molar-refractivity contribution < 1.29 is 52.7 Å². The van der Waals surface area contributed by atoms with Crippen LogP contribution in [-0.4, -0.2) is 39.9 Å². The molecule has 2 aliphatic rings. The van der Waals surface area contributed by atoms with E-state index in [-0.39, 0.29) is 83.9 Å². The molecule has 0 unspecified atom stereocenters. The molecule has 8 bridgehead atoms. The van der Waals surface area contributed by atoms with E-state index in [0.29, 0.717) is 12.1 Å². The third kappa shape index (κ3) is 5.73. The summed E-state index contributed by atoms with van der Waals surface area (Å²) in [4.78, 5) is 31.7. The molecule has 3 aromatic heterocycles. The lowest BCUT2D eigenvalue weighted by Crippen LogP contribution is -2.04. The number of hydrogen-bond acceptors (Lipinski definition) is 6. The summed E-state index contributed by atoms with van der Waals surface area (Å²) in [6, 6.07) is 9.99. The quantitative estimate of drug-likeness (QED) is 0.148. The first-order valence-electron chi connectivity index (χ1n) is 15.9. The van der Waals surface area contributed by atoms with Gasteiger partial charge in [-0.25, -0.2) is 29.9 Å². The molecule has 282 valence electrons. The zero-order valence-electron chi connectivity index (χ0n) is 27.1. The molecule has 4 aromatic carbocycles. The molecule has 0 spiro atoms. The molecule has 0 aliphatic carbocycles. The molecule has 8 nitrogen and oxygen atoms in total. The van der Waals surface area contributed by atoms with Gasteiger partial charge in [0.2, 0.25) is 0 Å². The Balaban J connectivity index is 1.47. The Kier molecular flexibility index (Phi) is 7.19. The molecule has 0 radical (unpaired) electrons. The van der Waals surface area contributed by atoms with Crippen LogP contribution in [0.5, 0.6) is 0 Å². The van der Waals surface area contributed by atoms with Crippen molar-refractivity contribution in [2.24, 2.45) is 0 Å². The molecular formula is C36H14F12N8.